The van der Waals surface area contributed by atoms with Crippen LogP contribution in [0.2, 0.25) is 0 Å². The van der Waals surface area contributed by atoms with Crippen LogP contribution in [0.4, 0.5) is 0 Å². The Morgan fingerprint density at radius 2 is 1.69 bits per heavy atom. The van der Waals surface area contributed by atoms with E-state index in [9.17, 15) is 0 Å². The molecule has 2 rings (SSSR count). The van der Waals surface area contributed by atoms with E-state index < -0.39 is 8.15 Å². The molecule has 0 radical (unpaired) electrons. The Morgan fingerprint density at radius 1 is 0.938 bits per heavy atom. The Kier molecular flexibility index (Phi) is 6.55. The van der Waals surface area contributed by atoms with Gasteiger partial charge < -0.3 is 0 Å². The fourth-order valence-corrected chi connectivity index (χ4v) is 5.35. The van der Waals surface area contributed by atoms with Gasteiger partial charge in [0, 0.05) is 5.66 Å². The van der Waals surface area contributed by atoms with Gasteiger partial charge in [-0.3, -0.25) is 0 Å². The van der Waals surface area contributed by atoms with Crippen molar-refractivity contribution in [1.29, 1.82) is 0 Å². The number of hydrogen-bond donors (Lipinski definition) is 0. The Bertz CT molecular complexity index is 156. The largest absolute Gasteiger partial charge is 0.188 e. The molecule has 5 heteroatoms. The van der Waals surface area contributed by atoms with E-state index in [0.717, 1.165) is 11.8 Å². The van der Waals surface area contributed by atoms with Gasteiger partial charge in [-0.1, -0.05) is 37.1 Å². The molecular weight excluding hydrogens is 242 g/mol. The van der Waals surface area contributed by atoms with Crippen molar-refractivity contribution in [2.45, 2.75) is 57.0 Å². The molecule has 0 amide bonds. The van der Waals surface area contributed by atoms with Gasteiger partial charge in [0.1, 0.15) is 0 Å². The summed E-state index contributed by atoms with van der Waals surface area (Å²) in [5.41, 5.74) is 0.750. The van der Waals surface area contributed by atoms with E-state index in [0.29, 0.717) is 8.81 Å². The van der Waals surface area contributed by atoms with Crippen molar-refractivity contribution in [2.24, 2.45) is 0 Å². The molecular formula is C11H22O3P2. The first-order valence-corrected chi connectivity index (χ1v) is 9.09. The van der Waals surface area contributed by atoms with E-state index in [4.69, 9.17) is 14.4 Å². The summed E-state index contributed by atoms with van der Waals surface area (Å²) in [6.45, 7) is 0. The topological polar surface area (TPSA) is 27.7 Å². The minimum atomic E-state index is -0.405. The standard InChI is InChI=1S/C11H22O3P2/c1-2-4-7-11(8-5-3-1)16-10-6-9-15-13-12-14-16/h11,15H,1-10H2. The van der Waals surface area contributed by atoms with E-state index in [1.165, 1.54) is 57.5 Å². The smallest absolute Gasteiger partial charge is 0.0774 e. The molecule has 0 aromatic heterocycles. The van der Waals surface area contributed by atoms with Crippen molar-refractivity contribution < 1.29 is 14.4 Å². The van der Waals surface area contributed by atoms with Gasteiger partial charge in [-0.05, 0) is 31.6 Å². The first-order chi connectivity index (χ1) is 7.97. The fourth-order valence-electron chi connectivity index (χ4n) is 2.43. The van der Waals surface area contributed by atoms with Crippen molar-refractivity contribution in [3.05, 3.63) is 0 Å². The van der Waals surface area contributed by atoms with Crippen LogP contribution in [0.15, 0.2) is 0 Å². The Balaban J connectivity index is 1.81. The van der Waals surface area contributed by atoms with Crippen molar-refractivity contribution in [2.75, 3.05) is 12.3 Å². The first-order valence-electron chi connectivity index (χ1n) is 6.46. The molecule has 2 atom stereocenters. The lowest BCUT2D eigenvalue weighted by molar-refractivity contribution is -0.405. The first kappa shape index (κ1) is 13.2. The predicted octanol–water partition coefficient (Wildman–Crippen LogP) is 4.37. The van der Waals surface area contributed by atoms with E-state index in [1.54, 1.807) is 0 Å². The summed E-state index contributed by atoms with van der Waals surface area (Å²) >= 11 is 0. The van der Waals surface area contributed by atoms with Gasteiger partial charge in [-0.2, -0.15) is 9.35 Å². The Hall–Kier alpha value is 0.740. The summed E-state index contributed by atoms with van der Waals surface area (Å²) in [6, 6.07) is 0. The highest BCUT2D eigenvalue weighted by molar-refractivity contribution is 7.53. The van der Waals surface area contributed by atoms with Crippen LogP contribution in [0.25, 0.3) is 0 Å². The molecule has 1 heterocycles. The SMILES string of the molecule is C1CCCC(P2CCCPOOO2)CCC1. The molecule has 1 aliphatic carbocycles. The normalized spacial score (nSPS) is 32.6. The van der Waals surface area contributed by atoms with Crippen LogP contribution in [-0.2, 0) is 14.4 Å². The van der Waals surface area contributed by atoms with Crippen molar-refractivity contribution in [3.8, 4) is 0 Å². The second kappa shape index (κ2) is 7.95. The third-order valence-electron chi connectivity index (χ3n) is 3.36. The molecule has 0 bridgehead atoms. The quantitative estimate of drug-likeness (QED) is 0.520. The molecule has 94 valence electrons. The van der Waals surface area contributed by atoms with Crippen LogP contribution in [0, 0.1) is 0 Å². The zero-order valence-electron chi connectivity index (χ0n) is 9.82. The minimum absolute atomic E-state index is 0.405. The van der Waals surface area contributed by atoms with Crippen LogP contribution < -0.4 is 0 Å². The lowest BCUT2D eigenvalue weighted by atomic mass is 10.0. The number of hydrogen-bond acceptors (Lipinski definition) is 3. The average Bonchev–Trinajstić information content (AvgIpc) is 2.18. The van der Waals surface area contributed by atoms with Crippen LogP contribution in [0.3, 0.4) is 0 Å². The summed E-state index contributed by atoms with van der Waals surface area (Å²) in [6.07, 6.45) is 13.2. The van der Waals surface area contributed by atoms with Crippen LogP contribution >= 0.6 is 17.0 Å². The summed E-state index contributed by atoms with van der Waals surface area (Å²) in [5, 5.41) is 4.85. The van der Waals surface area contributed by atoms with E-state index in [-0.39, 0.29) is 0 Å². The molecule has 2 aliphatic rings. The lowest BCUT2D eigenvalue weighted by Gasteiger charge is -2.27. The summed E-state index contributed by atoms with van der Waals surface area (Å²) < 4.78 is 10.4. The molecule has 0 spiro atoms. The highest BCUT2D eigenvalue weighted by atomic mass is 31.1. The second-order valence-corrected chi connectivity index (χ2v) is 7.73. The van der Waals surface area contributed by atoms with E-state index >= 15 is 0 Å². The van der Waals surface area contributed by atoms with Gasteiger partial charge in [-0.15, -0.1) is 0 Å². The van der Waals surface area contributed by atoms with Crippen LogP contribution in [0.1, 0.15) is 51.4 Å². The maximum atomic E-state index is 5.47. The molecule has 1 saturated heterocycles. The molecule has 0 aromatic rings. The van der Waals surface area contributed by atoms with Gasteiger partial charge in [0.25, 0.3) is 0 Å². The Labute approximate surface area is 101 Å². The van der Waals surface area contributed by atoms with Crippen molar-refractivity contribution >= 4 is 17.0 Å². The average molecular weight is 264 g/mol. The third-order valence-corrected chi connectivity index (χ3v) is 6.44. The highest BCUT2D eigenvalue weighted by Crippen LogP contribution is 2.50. The lowest BCUT2D eigenvalue weighted by Crippen LogP contribution is -2.13. The summed E-state index contributed by atoms with van der Waals surface area (Å²) in [5.74, 6) is 0. The summed E-state index contributed by atoms with van der Waals surface area (Å²) in [7, 11) is 0.0446. The zero-order valence-corrected chi connectivity index (χ0v) is 11.7. The maximum Gasteiger partial charge on any atom is 0.0774 e. The third kappa shape index (κ3) is 4.55. The van der Waals surface area contributed by atoms with Gasteiger partial charge in [0.15, 0.2) is 0 Å². The van der Waals surface area contributed by atoms with Crippen molar-refractivity contribution in [3.63, 3.8) is 0 Å². The van der Waals surface area contributed by atoms with Crippen molar-refractivity contribution in [1.82, 2.24) is 0 Å². The molecule has 0 N–H and O–H groups in total. The molecule has 16 heavy (non-hydrogen) atoms. The van der Waals surface area contributed by atoms with E-state index in [1.807, 2.05) is 0 Å². The van der Waals surface area contributed by atoms with Crippen LogP contribution in [0.5, 0.6) is 0 Å². The minimum Gasteiger partial charge on any atom is -0.188 e. The van der Waals surface area contributed by atoms with E-state index in [2.05, 4.69) is 0 Å². The molecule has 1 aliphatic heterocycles. The number of rotatable bonds is 1. The monoisotopic (exact) mass is 264 g/mol. The second-order valence-electron chi connectivity index (χ2n) is 4.61. The van der Waals surface area contributed by atoms with Crippen LogP contribution in [-0.4, -0.2) is 18.0 Å². The fraction of sp³-hybridized carbons (Fsp3) is 1.00. The predicted molar refractivity (Wildman–Crippen MR) is 68.9 cm³/mol. The molecule has 2 fully saturated rings. The van der Waals surface area contributed by atoms with Gasteiger partial charge in [0.2, 0.25) is 0 Å². The highest BCUT2D eigenvalue weighted by Gasteiger charge is 2.25. The molecule has 0 aromatic carbocycles. The summed E-state index contributed by atoms with van der Waals surface area (Å²) in [4.78, 5) is 0. The molecule has 1 saturated carbocycles. The maximum absolute atomic E-state index is 5.47. The Morgan fingerprint density at radius 3 is 2.50 bits per heavy atom. The van der Waals surface area contributed by atoms with Gasteiger partial charge in [-0.25, -0.2) is 0 Å². The van der Waals surface area contributed by atoms with Gasteiger partial charge >= 0.3 is 0 Å². The van der Waals surface area contributed by atoms with Gasteiger partial charge in [0.05, 0.1) is 17.0 Å². The molecule has 2 unspecified atom stereocenters. The zero-order chi connectivity index (χ0) is 11.1. The molecule has 3 nitrogen and oxygen atoms in total.